The second kappa shape index (κ2) is 4.90. The van der Waals surface area contributed by atoms with Crippen LogP contribution in [0.5, 0.6) is 0 Å². The van der Waals surface area contributed by atoms with Crippen LogP contribution >= 0.6 is 0 Å². The third kappa shape index (κ3) is 1.98. The number of ether oxygens (including phenoxy) is 1. The van der Waals surface area contributed by atoms with Gasteiger partial charge in [0, 0.05) is 33.2 Å². The molecule has 2 aromatic heterocycles. The van der Waals surface area contributed by atoms with Crippen LogP contribution < -0.4 is 11.2 Å². The molecule has 1 saturated heterocycles. The van der Waals surface area contributed by atoms with Gasteiger partial charge in [0.05, 0.1) is 12.9 Å². The van der Waals surface area contributed by atoms with Crippen molar-refractivity contribution in [3.05, 3.63) is 27.2 Å². The lowest BCUT2D eigenvalue weighted by atomic mass is 10.0. The van der Waals surface area contributed by atoms with E-state index in [1.807, 2.05) is 4.57 Å². The largest absolute Gasteiger partial charge is 0.381 e. The highest BCUT2D eigenvalue weighted by Gasteiger charge is 2.19. The van der Waals surface area contributed by atoms with Crippen LogP contribution in [0.4, 0.5) is 0 Å². The van der Waals surface area contributed by atoms with Crippen molar-refractivity contribution in [1.82, 2.24) is 18.7 Å². The second-order valence-electron chi connectivity index (χ2n) is 5.36. The maximum atomic E-state index is 12.3. The first-order valence-corrected chi connectivity index (χ1v) is 6.78. The van der Waals surface area contributed by atoms with Gasteiger partial charge in [-0.25, -0.2) is 9.78 Å². The Morgan fingerprint density at radius 1 is 1.35 bits per heavy atom. The summed E-state index contributed by atoms with van der Waals surface area (Å²) in [6.07, 6.45) is 3.78. The highest BCUT2D eigenvalue weighted by Crippen LogP contribution is 2.17. The maximum Gasteiger partial charge on any atom is 0.332 e. The molecule has 0 amide bonds. The van der Waals surface area contributed by atoms with Crippen molar-refractivity contribution in [2.45, 2.75) is 19.4 Å². The molecule has 7 nitrogen and oxygen atoms in total. The number of fused-ring (bicyclic) bond motifs is 1. The van der Waals surface area contributed by atoms with Crippen LogP contribution in [0.25, 0.3) is 11.2 Å². The summed E-state index contributed by atoms with van der Waals surface area (Å²) in [6, 6.07) is 0. The van der Waals surface area contributed by atoms with E-state index in [-0.39, 0.29) is 11.2 Å². The second-order valence-corrected chi connectivity index (χ2v) is 5.36. The first-order chi connectivity index (χ1) is 9.59. The van der Waals surface area contributed by atoms with Crippen LogP contribution in [0.3, 0.4) is 0 Å². The Labute approximate surface area is 115 Å². The molecule has 0 radical (unpaired) electrons. The Morgan fingerprint density at radius 3 is 2.85 bits per heavy atom. The standard InChI is InChI=1S/C13H18N4O3/c1-15-11-10(12(18)16(2)13(15)19)17(8-14-11)6-9-4-3-5-20-7-9/h8-9H,3-7H2,1-2H3. The molecule has 3 rings (SSSR count). The first kappa shape index (κ1) is 13.1. The van der Waals surface area contributed by atoms with Crippen molar-refractivity contribution in [3.63, 3.8) is 0 Å². The van der Waals surface area contributed by atoms with Crippen molar-refractivity contribution in [3.8, 4) is 0 Å². The Morgan fingerprint density at radius 2 is 2.15 bits per heavy atom. The fraction of sp³-hybridized carbons (Fsp3) is 0.615. The van der Waals surface area contributed by atoms with E-state index in [1.165, 1.54) is 11.6 Å². The van der Waals surface area contributed by atoms with Gasteiger partial charge in [0.2, 0.25) is 0 Å². The SMILES string of the molecule is Cn1c(=O)c2c(ncn2CC2CCCOC2)n(C)c1=O. The van der Waals surface area contributed by atoms with Gasteiger partial charge in [-0.3, -0.25) is 13.9 Å². The average Bonchev–Trinajstić information content (AvgIpc) is 2.88. The number of hydrogen-bond acceptors (Lipinski definition) is 4. The van der Waals surface area contributed by atoms with E-state index in [0.29, 0.717) is 30.2 Å². The lowest BCUT2D eigenvalue weighted by Crippen LogP contribution is -2.37. The zero-order valence-electron chi connectivity index (χ0n) is 11.7. The zero-order chi connectivity index (χ0) is 14.3. The van der Waals surface area contributed by atoms with Crippen LogP contribution in [-0.4, -0.2) is 31.9 Å². The molecule has 1 atom stereocenters. The van der Waals surface area contributed by atoms with Crippen molar-refractivity contribution in [2.75, 3.05) is 13.2 Å². The fourth-order valence-electron chi connectivity index (χ4n) is 2.76. The minimum atomic E-state index is -0.353. The van der Waals surface area contributed by atoms with Crippen molar-refractivity contribution in [1.29, 1.82) is 0 Å². The van der Waals surface area contributed by atoms with Gasteiger partial charge < -0.3 is 9.30 Å². The fourth-order valence-corrected chi connectivity index (χ4v) is 2.76. The summed E-state index contributed by atoms with van der Waals surface area (Å²) in [5.41, 5.74) is 0.279. The van der Waals surface area contributed by atoms with E-state index >= 15 is 0 Å². The quantitative estimate of drug-likeness (QED) is 0.766. The van der Waals surface area contributed by atoms with Crippen molar-refractivity contribution >= 4 is 11.2 Å². The van der Waals surface area contributed by atoms with Crippen LogP contribution in [-0.2, 0) is 25.4 Å². The molecular formula is C13H18N4O3. The van der Waals surface area contributed by atoms with Gasteiger partial charge in [-0.15, -0.1) is 0 Å². The molecule has 108 valence electrons. The zero-order valence-corrected chi connectivity index (χ0v) is 11.7. The number of hydrogen-bond donors (Lipinski definition) is 0. The molecule has 1 unspecified atom stereocenters. The summed E-state index contributed by atoms with van der Waals surface area (Å²) in [5.74, 6) is 0.392. The molecule has 0 N–H and O–H groups in total. The Kier molecular flexibility index (Phi) is 3.21. The summed E-state index contributed by atoms with van der Waals surface area (Å²) in [6.45, 7) is 2.23. The number of aromatic nitrogens is 4. The summed E-state index contributed by atoms with van der Waals surface area (Å²) in [4.78, 5) is 28.4. The van der Waals surface area contributed by atoms with Crippen molar-refractivity contribution < 1.29 is 4.74 Å². The summed E-state index contributed by atoms with van der Waals surface area (Å²) in [7, 11) is 3.12. The molecule has 1 aliphatic heterocycles. The van der Waals surface area contributed by atoms with Gasteiger partial charge in [0.25, 0.3) is 5.56 Å². The molecule has 0 aromatic carbocycles. The van der Waals surface area contributed by atoms with Crippen molar-refractivity contribution in [2.24, 2.45) is 20.0 Å². The molecule has 0 aliphatic carbocycles. The molecule has 0 saturated carbocycles. The Hall–Kier alpha value is -1.89. The summed E-state index contributed by atoms with van der Waals surface area (Å²) in [5, 5.41) is 0. The summed E-state index contributed by atoms with van der Waals surface area (Å²) < 4.78 is 9.84. The van der Waals surface area contributed by atoms with Crippen LogP contribution in [0.2, 0.25) is 0 Å². The molecule has 0 bridgehead atoms. The van der Waals surface area contributed by atoms with E-state index in [0.717, 1.165) is 24.0 Å². The molecule has 0 spiro atoms. The minimum Gasteiger partial charge on any atom is -0.381 e. The predicted molar refractivity (Wildman–Crippen MR) is 73.8 cm³/mol. The lowest BCUT2D eigenvalue weighted by molar-refractivity contribution is 0.0487. The normalized spacial score (nSPS) is 19.6. The summed E-state index contributed by atoms with van der Waals surface area (Å²) >= 11 is 0. The maximum absolute atomic E-state index is 12.3. The number of aryl methyl sites for hydroxylation is 1. The van der Waals surface area contributed by atoms with Gasteiger partial charge in [0.1, 0.15) is 0 Å². The van der Waals surface area contributed by atoms with Gasteiger partial charge in [-0.1, -0.05) is 0 Å². The van der Waals surface area contributed by atoms with E-state index in [2.05, 4.69) is 4.98 Å². The van der Waals surface area contributed by atoms with E-state index in [4.69, 9.17) is 4.74 Å². The molecular weight excluding hydrogens is 260 g/mol. The number of nitrogens with zero attached hydrogens (tertiary/aromatic N) is 4. The molecule has 2 aromatic rings. The van der Waals surface area contributed by atoms with E-state index < -0.39 is 0 Å². The monoisotopic (exact) mass is 278 g/mol. The smallest absolute Gasteiger partial charge is 0.332 e. The Bertz CT molecular complexity index is 749. The Balaban J connectivity index is 2.09. The number of rotatable bonds is 2. The highest BCUT2D eigenvalue weighted by atomic mass is 16.5. The predicted octanol–water partition coefficient (Wildman–Crippen LogP) is -0.140. The lowest BCUT2D eigenvalue weighted by Gasteiger charge is -2.22. The van der Waals surface area contributed by atoms with Crippen LogP contribution in [0.1, 0.15) is 12.8 Å². The van der Waals surface area contributed by atoms with E-state index in [9.17, 15) is 9.59 Å². The molecule has 1 aliphatic rings. The van der Waals surface area contributed by atoms with Crippen LogP contribution in [0, 0.1) is 5.92 Å². The minimum absolute atomic E-state index is 0.294. The van der Waals surface area contributed by atoms with Gasteiger partial charge in [-0.05, 0) is 12.8 Å². The van der Waals surface area contributed by atoms with Crippen LogP contribution in [0.15, 0.2) is 15.9 Å². The molecule has 3 heterocycles. The van der Waals surface area contributed by atoms with Gasteiger partial charge in [0.15, 0.2) is 11.2 Å². The van der Waals surface area contributed by atoms with E-state index in [1.54, 1.807) is 13.4 Å². The molecule has 20 heavy (non-hydrogen) atoms. The average molecular weight is 278 g/mol. The first-order valence-electron chi connectivity index (χ1n) is 6.78. The third-order valence-corrected chi connectivity index (χ3v) is 3.93. The number of imidazole rings is 1. The topological polar surface area (TPSA) is 71.0 Å². The van der Waals surface area contributed by atoms with Gasteiger partial charge in [-0.2, -0.15) is 0 Å². The molecule has 7 heteroatoms. The highest BCUT2D eigenvalue weighted by molar-refractivity contribution is 5.69. The van der Waals surface area contributed by atoms with Gasteiger partial charge >= 0.3 is 5.69 Å². The molecule has 1 fully saturated rings. The third-order valence-electron chi connectivity index (χ3n) is 3.93.